The molecule has 1 nitrogen and oxygen atoms in total. The summed E-state index contributed by atoms with van der Waals surface area (Å²) in [5.74, 6) is 0. The Labute approximate surface area is 149 Å². The Balaban J connectivity index is -0.000000329. The number of fused-ring (bicyclic) bond motifs is 1. The van der Waals surface area contributed by atoms with Gasteiger partial charge < -0.3 is 29.6 Å². The Hall–Kier alpha value is 0.470. The van der Waals surface area contributed by atoms with Crippen LogP contribution in [0.15, 0.2) is 24.3 Å². The Morgan fingerprint density at radius 3 is 1.95 bits per heavy atom. The van der Waals surface area contributed by atoms with Gasteiger partial charge in [-0.1, -0.05) is 24.1 Å². The predicted octanol–water partition coefficient (Wildman–Crippen LogP) is -2.28. The smallest absolute Gasteiger partial charge is 1.00 e. The predicted molar refractivity (Wildman–Crippen MR) is 73.5 cm³/mol. The summed E-state index contributed by atoms with van der Waals surface area (Å²) in [7, 11) is -0.880. The van der Waals surface area contributed by atoms with Gasteiger partial charge in [0, 0.05) is 0 Å². The van der Waals surface area contributed by atoms with Gasteiger partial charge in [0.15, 0.2) is 9.04 Å². The van der Waals surface area contributed by atoms with Crippen LogP contribution in [0.25, 0.3) is 10.8 Å². The molecule has 5 heteroatoms. The molecule has 0 aromatic heterocycles. The molecule has 0 atom stereocenters. The van der Waals surface area contributed by atoms with Gasteiger partial charge in [-0.2, -0.15) is 6.07 Å². The van der Waals surface area contributed by atoms with E-state index < -0.39 is 9.04 Å². The van der Waals surface area contributed by atoms with E-state index in [0.29, 0.717) is 0 Å². The molecule has 0 aliphatic heterocycles. The van der Waals surface area contributed by atoms with E-state index in [1.165, 1.54) is 27.5 Å². The van der Waals surface area contributed by atoms with Crippen LogP contribution < -0.4 is 24.8 Å². The molecule has 0 bridgehead atoms. The topological polar surface area (TPSA) is 20.2 Å². The van der Waals surface area contributed by atoms with Crippen LogP contribution in [0, 0.1) is 20.8 Å². The first-order valence-corrected chi connectivity index (χ1v) is 7.98. The van der Waals surface area contributed by atoms with Crippen molar-refractivity contribution in [3.8, 4) is 0 Å². The number of halogens is 2. The number of aryl methyl sites for hydroxylation is 3. The second kappa shape index (κ2) is 11.2. The third kappa shape index (κ3) is 8.37. The maximum Gasteiger partial charge on any atom is 3.00 e. The molecule has 0 aliphatic rings. The first-order chi connectivity index (χ1) is 7.40. The fourth-order valence-electron chi connectivity index (χ4n) is 1.84. The van der Waals surface area contributed by atoms with Crippen molar-refractivity contribution in [1.29, 1.82) is 0 Å². The monoisotopic (exact) mass is 392 g/mol. The normalized spacial score (nSPS) is 8.79. The van der Waals surface area contributed by atoms with E-state index in [2.05, 4.69) is 45.0 Å². The molecular formula is C14H20Cl2OSiZr. The van der Waals surface area contributed by atoms with E-state index in [9.17, 15) is 0 Å². The first-order valence-electron chi connectivity index (χ1n) is 5.53. The Bertz CT molecular complexity index is 481. The molecule has 1 N–H and O–H groups in total. The molecule has 0 aliphatic carbocycles. The van der Waals surface area contributed by atoms with Crippen LogP contribution in [0.2, 0.25) is 13.1 Å². The zero-order chi connectivity index (χ0) is 12.3. The summed E-state index contributed by atoms with van der Waals surface area (Å²) in [5, 5.41) is 2.78. The van der Waals surface area contributed by atoms with Crippen LogP contribution in [0.1, 0.15) is 16.7 Å². The van der Waals surface area contributed by atoms with E-state index >= 15 is 0 Å². The van der Waals surface area contributed by atoms with Crippen molar-refractivity contribution in [1.82, 2.24) is 0 Å². The number of benzene rings is 1. The second-order valence-electron chi connectivity index (χ2n) is 4.56. The zero-order valence-corrected chi connectivity index (χ0v) is 17.0. The van der Waals surface area contributed by atoms with Gasteiger partial charge in [0.1, 0.15) is 0 Å². The third-order valence-electron chi connectivity index (χ3n) is 2.32. The maximum atomic E-state index is 8.16. The summed E-state index contributed by atoms with van der Waals surface area (Å²) in [4.78, 5) is 8.16. The minimum absolute atomic E-state index is 0. The van der Waals surface area contributed by atoms with Gasteiger partial charge in [-0.15, -0.1) is 28.5 Å². The molecule has 2 aromatic rings. The summed E-state index contributed by atoms with van der Waals surface area (Å²) in [5.41, 5.74) is 4.10. The number of hydrogen-bond donors (Lipinski definition) is 1. The summed E-state index contributed by atoms with van der Waals surface area (Å²) >= 11 is 0. The fraction of sp³-hybridized carbons (Fsp3) is 0.357. The van der Waals surface area contributed by atoms with Crippen molar-refractivity contribution in [2.75, 3.05) is 0 Å². The van der Waals surface area contributed by atoms with Crippen LogP contribution in [0.4, 0.5) is 0 Å². The van der Waals surface area contributed by atoms with Gasteiger partial charge in [-0.05, 0) is 26.9 Å². The van der Waals surface area contributed by atoms with E-state index in [0.717, 1.165) is 0 Å². The molecule has 0 saturated heterocycles. The minimum atomic E-state index is -0.880. The van der Waals surface area contributed by atoms with Gasteiger partial charge >= 0.3 is 26.2 Å². The SMILES string of the molecule is C[Si](C)O.Cc1cc(C)c2cc(C)[cH-]c2c1.[Cl-].[Cl-].[Zr+3]. The van der Waals surface area contributed by atoms with Crippen molar-refractivity contribution < 1.29 is 55.8 Å². The summed E-state index contributed by atoms with van der Waals surface area (Å²) < 4.78 is 0. The standard InChI is InChI=1S/C12H13.C2H7OSi.2ClH.Zr/c1-8-4-10(3)12-7-9(2)6-11(12)5-8;1-4(2)3;;;/h4-7H,1-3H3;3H,1-2H3;2*1H;/q-1;;;;+3/p-2. The van der Waals surface area contributed by atoms with Gasteiger partial charge in [0.05, 0.1) is 0 Å². The third-order valence-corrected chi connectivity index (χ3v) is 2.32. The van der Waals surface area contributed by atoms with E-state index in [4.69, 9.17) is 4.80 Å². The van der Waals surface area contributed by atoms with Gasteiger partial charge in [-0.3, -0.25) is 0 Å². The average molecular weight is 395 g/mol. The fourth-order valence-corrected chi connectivity index (χ4v) is 1.84. The summed E-state index contributed by atoms with van der Waals surface area (Å²) in [6.45, 7) is 10.1. The Morgan fingerprint density at radius 2 is 1.47 bits per heavy atom. The molecule has 0 saturated carbocycles. The van der Waals surface area contributed by atoms with Crippen LogP contribution >= 0.6 is 0 Å². The van der Waals surface area contributed by atoms with E-state index in [-0.39, 0.29) is 51.0 Å². The average Bonchev–Trinajstić information content (AvgIpc) is 2.44. The molecule has 0 unspecified atom stereocenters. The molecule has 2 rings (SSSR count). The maximum absolute atomic E-state index is 8.16. The van der Waals surface area contributed by atoms with Crippen LogP contribution in [-0.2, 0) is 26.2 Å². The molecule has 0 heterocycles. The largest absolute Gasteiger partial charge is 3.00 e. The van der Waals surface area contributed by atoms with E-state index in [1.807, 2.05) is 13.1 Å². The first kappa shape index (κ1) is 24.5. The minimum Gasteiger partial charge on any atom is -1.00 e. The Morgan fingerprint density at radius 1 is 1.00 bits per heavy atom. The molecular weight excluding hydrogens is 374 g/mol. The zero-order valence-electron chi connectivity index (χ0n) is 12.0. The van der Waals surface area contributed by atoms with Crippen molar-refractivity contribution in [3.63, 3.8) is 0 Å². The Kier molecular flexibility index (Phi) is 14.4. The quantitative estimate of drug-likeness (QED) is 0.394. The molecule has 0 fully saturated rings. The van der Waals surface area contributed by atoms with Crippen LogP contribution in [0.3, 0.4) is 0 Å². The summed E-state index contributed by atoms with van der Waals surface area (Å²) in [6, 6.07) is 8.98. The van der Waals surface area contributed by atoms with Gasteiger partial charge in [0.2, 0.25) is 0 Å². The van der Waals surface area contributed by atoms with Crippen LogP contribution in [-0.4, -0.2) is 13.8 Å². The molecule has 0 spiro atoms. The van der Waals surface area contributed by atoms with Gasteiger partial charge in [-0.25, -0.2) is 0 Å². The molecule has 2 aromatic carbocycles. The molecule has 19 heavy (non-hydrogen) atoms. The molecule has 0 amide bonds. The van der Waals surface area contributed by atoms with Crippen LogP contribution in [0.5, 0.6) is 0 Å². The molecule has 104 valence electrons. The van der Waals surface area contributed by atoms with E-state index in [1.54, 1.807) is 0 Å². The van der Waals surface area contributed by atoms with Crippen molar-refractivity contribution in [2.24, 2.45) is 0 Å². The number of hydrogen-bond acceptors (Lipinski definition) is 1. The molecule has 2 radical (unpaired) electrons. The van der Waals surface area contributed by atoms with Gasteiger partial charge in [0.25, 0.3) is 0 Å². The van der Waals surface area contributed by atoms with Crippen molar-refractivity contribution >= 4 is 19.8 Å². The van der Waals surface area contributed by atoms with Crippen molar-refractivity contribution in [3.05, 3.63) is 41.0 Å². The summed E-state index contributed by atoms with van der Waals surface area (Å²) in [6.07, 6.45) is 0. The second-order valence-corrected chi connectivity index (χ2v) is 6.46. The number of rotatable bonds is 0. The van der Waals surface area contributed by atoms with Crippen molar-refractivity contribution in [2.45, 2.75) is 33.9 Å².